The predicted octanol–water partition coefficient (Wildman–Crippen LogP) is 1.78. The lowest BCUT2D eigenvalue weighted by molar-refractivity contribution is -0.139. The zero-order valence-electron chi connectivity index (χ0n) is 13.9. The van der Waals surface area contributed by atoms with E-state index in [1.807, 2.05) is 24.3 Å². The molecular formula is C19H21N3O3. The fourth-order valence-corrected chi connectivity index (χ4v) is 3.28. The predicted molar refractivity (Wildman–Crippen MR) is 93.1 cm³/mol. The second-order valence-electron chi connectivity index (χ2n) is 6.56. The number of nitrogens with one attached hydrogen (secondary N) is 2. The molecule has 1 fully saturated rings. The monoisotopic (exact) mass is 339 g/mol. The van der Waals surface area contributed by atoms with E-state index in [2.05, 4.69) is 27.7 Å². The van der Waals surface area contributed by atoms with Gasteiger partial charge in [-0.15, -0.1) is 0 Å². The summed E-state index contributed by atoms with van der Waals surface area (Å²) in [5.74, 6) is -0.363. The number of carbonyl (C=O) groups excluding carboxylic acids is 2. The molecule has 2 heterocycles. The fraction of sp³-hybridized carbons (Fsp3) is 0.368. The second-order valence-corrected chi connectivity index (χ2v) is 6.56. The van der Waals surface area contributed by atoms with E-state index < -0.39 is 11.8 Å². The van der Waals surface area contributed by atoms with Crippen molar-refractivity contribution in [1.29, 1.82) is 0 Å². The zero-order chi connectivity index (χ0) is 17.2. The van der Waals surface area contributed by atoms with Crippen LogP contribution in [0.5, 0.6) is 0 Å². The van der Waals surface area contributed by atoms with E-state index in [4.69, 9.17) is 4.42 Å². The summed E-state index contributed by atoms with van der Waals surface area (Å²) < 4.78 is 5.60. The lowest BCUT2D eigenvalue weighted by Crippen LogP contribution is -2.44. The van der Waals surface area contributed by atoms with Gasteiger partial charge >= 0.3 is 11.8 Å². The number of nitrogens with zero attached hydrogens (tertiary/aromatic N) is 1. The summed E-state index contributed by atoms with van der Waals surface area (Å²) in [6.07, 6.45) is 4.51. The van der Waals surface area contributed by atoms with Crippen molar-refractivity contribution in [2.75, 3.05) is 18.0 Å². The van der Waals surface area contributed by atoms with E-state index in [0.717, 1.165) is 37.3 Å². The number of hydrogen-bond acceptors (Lipinski definition) is 4. The molecule has 1 saturated carbocycles. The third-order valence-corrected chi connectivity index (χ3v) is 4.75. The molecule has 1 aromatic heterocycles. The van der Waals surface area contributed by atoms with Crippen LogP contribution >= 0.6 is 0 Å². The number of carbonyl (C=O) groups is 2. The van der Waals surface area contributed by atoms with Crippen LogP contribution in [0.3, 0.4) is 0 Å². The van der Waals surface area contributed by atoms with Gasteiger partial charge < -0.3 is 20.0 Å². The maximum atomic E-state index is 12.1. The van der Waals surface area contributed by atoms with Crippen molar-refractivity contribution < 1.29 is 14.0 Å². The van der Waals surface area contributed by atoms with E-state index in [1.54, 1.807) is 6.26 Å². The van der Waals surface area contributed by atoms with Crippen LogP contribution in [0.1, 0.15) is 30.2 Å². The van der Waals surface area contributed by atoms with Gasteiger partial charge in [-0.25, -0.2) is 0 Å². The van der Waals surface area contributed by atoms with Gasteiger partial charge in [0.1, 0.15) is 11.8 Å². The van der Waals surface area contributed by atoms with Crippen LogP contribution in [0, 0.1) is 0 Å². The highest BCUT2D eigenvalue weighted by Crippen LogP contribution is 2.34. The summed E-state index contributed by atoms with van der Waals surface area (Å²) in [7, 11) is 0. The average Bonchev–Trinajstić information content (AvgIpc) is 3.12. The molecule has 2 N–H and O–H groups in total. The van der Waals surface area contributed by atoms with Crippen LogP contribution in [0.15, 0.2) is 47.1 Å². The van der Waals surface area contributed by atoms with Crippen molar-refractivity contribution in [3.05, 3.63) is 54.0 Å². The highest BCUT2D eigenvalue weighted by atomic mass is 16.3. The van der Waals surface area contributed by atoms with Crippen molar-refractivity contribution in [3.63, 3.8) is 0 Å². The van der Waals surface area contributed by atoms with E-state index in [-0.39, 0.29) is 12.1 Å². The zero-order valence-corrected chi connectivity index (χ0v) is 13.9. The molecule has 6 nitrogen and oxygen atoms in total. The van der Waals surface area contributed by atoms with Crippen molar-refractivity contribution in [2.45, 2.75) is 31.3 Å². The number of anilines is 1. The lowest BCUT2D eigenvalue weighted by atomic mass is 10.1. The molecule has 2 amide bonds. The van der Waals surface area contributed by atoms with E-state index in [0.29, 0.717) is 6.54 Å². The highest BCUT2D eigenvalue weighted by Gasteiger charge is 2.31. The largest absolute Gasteiger partial charge is 0.467 e. The standard InChI is InChI=1S/C19H21N3O3/c23-18(19(24)21-14-7-8-14)20-12-16(17-6-3-11-25-17)22-10-9-13-4-1-2-5-15(13)22/h1-6,11,14,16H,7-10,12H2,(H,20,23)(H,21,24)/t16-/m1/s1. The van der Waals surface area contributed by atoms with Gasteiger partial charge in [-0.1, -0.05) is 18.2 Å². The first-order valence-corrected chi connectivity index (χ1v) is 8.69. The Morgan fingerprint density at radius 1 is 1.16 bits per heavy atom. The molecule has 0 spiro atoms. The Hall–Kier alpha value is -2.76. The maximum absolute atomic E-state index is 12.1. The van der Waals surface area contributed by atoms with E-state index >= 15 is 0 Å². The van der Waals surface area contributed by atoms with Crippen molar-refractivity contribution in [3.8, 4) is 0 Å². The molecule has 1 atom stereocenters. The molecule has 0 unspecified atom stereocenters. The number of hydrogen-bond donors (Lipinski definition) is 2. The number of rotatable bonds is 5. The quantitative estimate of drug-likeness (QED) is 0.815. The first kappa shape index (κ1) is 15.7. The van der Waals surface area contributed by atoms with Gasteiger partial charge in [0.05, 0.1) is 6.26 Å². The van der Waals surface area contributed by atoms with Crippen LogP contribution in [-0.2, 0) is 16.0 Å². The van der Waals surface area contributed by atoms with E-state index in [9.17, 15) is 9.59 Å². The number of fused-ring (bicyclic) bond motifs is 1. The van der Waals surface area contributed by atoms with Crippen LogP contribution < -0.4 is 15.5 Å². The fourth-order valence-electron chi connectivity index (χ4n) is 3.28. The normalized spacial score (nSPS) is 17.0. The molecule has 1 aliphatic heterocycles. The molecule has 25 heavy (non-hydrogen) atoms. The van der Waals surface area contributed by atoms with Crippen LogP contribution in [-0.4, -0.2) is 30.9 Å². The van der Waals surface area contributed by atoms with Gasteiger partial charge in [0.15, 0.2) is 0 Å². The third kappa shape index (κ3) is 3.38. The number of furan rings is 1. The van der Waals surface area contributed by atoms with Gasteiger partial charge in [0.25, 0.3) is 0 Å². The summed E-state index contributed by atoms with van der Waals surface area (Å²) in [5.41, 5.74) is 2.44. The minimum atomic E-state index is -0.587. The van der Waals surface area contributed by atoms with Gasteiger partial charge in [-0.05, 0) is 43.0 Å². The lowest BCUT2D eigenvalue weighted by Gasteiger charge is -2.29. The number of amides is 2. The molecule has 1 aliphatic carbocycles. The molecule has 0 bridgehead atoms. The van der Waals surface area contributed by atoms with E-state index in [1.165, 1.54) is 5.56 Å². The van der Waals surface area contributed by atoms with Crippen molar-refractivity contribution in [2.24, 2.45) is 0 Å². The third-order valence-electron chi connectivity index (χ3n) is 4.75. The summed E-state index contributed by atoms with van der Waals surface area (Å²) in [4.78, 5) is 26.1. The molecule has 6 heteroatoms. The SMILES string of the molecule is O=C(NC[C@H](c1ccco1)N1CCc2ccccc21)C(=O)NC1CC1. The molecule has 4 rings (SSSR count). The first-order valence-electron chi connectivity index (χ1n) is 8.69. The van der Waals surface area contributed by atoms with Crippen LogP contribution in [0.4, 0.5) is 5.69 Å². The number of benzene rings is 1. The number of para-hydroxylation sites is 1. The van der Waals surface area contributed by atoms with Gasteiger partial charge in [0, 0.05) is 24.8 Å². The smallest absolute Gasteiger partial charge is 0.309 e. The molecule has 130 valence electrons. The summed E-state index contributed by atoms with van der Waals surface area (Å²) >= 11 is 0. The minimum absolute atomic E-state index is 0.142. The Balaban J connectivity index is 1.48. The molecule has 2 aromatic rings. The Bertz CT molecular complexity index is 768. The van der Waals surface area contributed by atoms with Gasteiger partial charge in [-0.3, -0.25) is 9.59 Å². The van der Waals surface area contributed by atoms with Gasteiger partial charge in [-0.2, -0.15) is 0 Å². The van der Waals surface area contributed by atoms with Crippen LogP contribution in [0.25, 0.3) is 0 Å². The molecule has 1 aromatic carbocycles. The Kier molecular flexibility index (Phi) is 4.17. The molecular weight excluding hydrogens is 318 g/mol. The van der Waals surface area contributed by atoms with Crippen LogP contribution in [0.2, 0.25) is 0 Å². The van der Waals surface area contributed by atoms with Gasteiger partial charge in [0.2, 0.25) is 0 Å². The molecule has 0 saturated heterocycles. The van der Waals surface area contributed by atoms with Crippen molar-refractivity contribution >= 4 is 17.5 Å². The summed E-state index contributed by atoms with van der Waals surface area (Å²) in [5, 5.41) is 5.47. The second kappa shape index (κ2) is 6.63. The average molecular weight is 339 g/mol. The maximum Gasteiger partial charge on any atom is 0.309 e. The Morgan fingerprint density at radius 3 is 2.76 bits per heavy atom. The Labute approximate surface area is 146 Å². The Morgan fingerprint density at radius 2 is 2.00 bits per heavy atom. The summed E-state index contributed by atoms with van der Waals surface area (Å²) in [6, 6.07) is 12.0. The first-order chi connectivity index (χ1) is 12.2. The minimum Gasteiger partial charge on any atom is -0.467 e. The topological polar surface area (TPSA) is 74.6 Å². The molecule has 0 radical (unpaired) electrons. The van der Waals surface area contributed by atoms with Crippen molar-refractivity contribution in [1.82, 2.24) is 10.6 Å². The molecule has 2 aliphatic rings. The summed E-state index contributed by atoms with van der Waals surface area (Å²) in [6.45, 7) is 1.17. The highest BCUT2D eigenvalue weighted by molar-refractivity contribution is 6.35.